The lowest BCUT2D eigenvalue weighted by Crippen LogP contribution is -2.19. The minimum atomic E-state index is -0.407. The van der Waals surface area contributed by atoms with Crippen LogP contribution in [0.4, 0.5) is 5.82 Å². The van der Waals surface area contributed by atoms with E-state index >= 15 is 0 Å². The van der Waals surface area contributed by atoms with Crippen molar-refractivity contribution < 1.29 is 18.7 Å². The Labute approximate surface area is 189 Å². The van der Waals surface area contributed by atoms with Crippen molar-refractivity contribution in [3.05, 3.63) is 70.3 Å². The SMILES string of the molecule is CCCc1cc(=O)[nH]c(-n2nc(-c3ccco3)cc2NC(=O)c2ccc(OC)c(OC)c2)n1. The fourth-order valence-electron chi connectivity index (χ4n) is 3.32. The van der Waals surface area contributed by atoms with E-state index in [4.69, 9.17) is 13.9 Å². The van der Waals surface area contributed by atoms with Gasteiger partial charge in [0.1, 0.15) is 11.5 Å². The molecule has 1 amide bonds. The van der Waals surface area contributed by atoms with E-state index in [0.29, 0.717) is 46.4 Å². The van der Waals surface area contributed by atoms with Gasteiger partial charge in [-0.05, 0) is 36.8 Å². The number of amides is 1. The predicted molar refractivity (Wildman–Crippen MR) is 121 cm³/mol. The summed E-state index contributed by atoms with van der Waals surface area (Å²) in [7, 11) is 3.02. The summed E-state index contributed by atoms with van der Waals surface area (Å²) < 4.78 is 17.3. The largest absolute Gasteiger partial charge is 0.493 e. The van der Waals surface area contributed by atoms with E-state index in [1.165, 1.54) is 31.2 Å². The number of nitrogens with one attached hydrogen (secondary N) is 2. The molecule has 0 unspecified atom stereocenters. The zero-order valence-corrected chi connectivity index (χ0v) is 18.4. The Morgan fingerprint density at radius 3 is 2.67 bits per heavy atom. The molecule has 10 heteroatoms. The Morgan fingerprint density at radius 2 is 1.97 bits per heavy atom. The number of aromatic amines is 1. The van der Waals surface area contributed by atoms with E-state index in [9.17, 15) is 9.59 Å². The van der Waals surface area contributed by atoms with Gasteiger partial charge >= 0.3 is 0 Å². The lowest BCUT2D eigenvalue weighted by Gasteiger charge is -2.11. The summed E-state index contributed by atoms with van der Waals surface area (Å²) in [4.78, 5) is 32.4. The fraction of sp³-hybridized carbons (Fsp3) is 0.217. The molecule has 0 saturated carbocycles. The van der Waals surface area contributed by atoms with Gasteiger partial charge in [-0.1, -0.05) is 13.3 Å². The topological polar surface area (TPSA) is 124 Å². The number of hydrogen-bond donors (Lipinski definition) is 2. The Balaban J connectivity index is 1.75. The number of ether oxygens (including phenoxy) is 2. The first-order chi connectivity index (χ1) is 16.0. The summed E-state index contributed by atoms with van der Waals surface area (Å²) in [6, 6.07) is 11.4. The summed E-state index contributed by atoms with van der Waals surface area (Å²) in [6.45, 7) is 2.00. The molecule has 4 rings (SSSR count). The fourth-order valence-corrected chi connectivity index (χ4v) is 3.32. The second kappa shape index (κ2) is 9.43. The number of aryl methyl sites for hydroxylation is 1. The summed E-state index contributed by atoms with van der Waals surface area (Å²) in [5.41, 5.74) is 1.13. The number of furan rings is 1. The number of anilines is 1. The standard InChI is InChI=1S/C23H23N5O5/c1-4-6-15-12-21(29)26-23(24-15)28-20(13-16(27-28)17-7-5-10-33-17)25-22(30)14-8-9-18(31-2)19(11-14)32-3/h5,7-13H,4,6H2,1-3H3,(H,25,30)(H,24,26,29). The number of benzene rings is 1. The number of H-pyrrole nitrogens is 1. The van der Waals surface area contributed by atoms with Gasteiger partial charge in [0.25, 0.3) is 11.5 Å². The number of aromatic nitrogens is 4. The monoisotopic (exact) mass is 449 g/mol. The summed E-state index contributed by atoms with van der Waals surface area (Å²) >= 11 is 0. The predicted octanol–water partition coefficient (Wildman–Crippen LogP) is 3.44. The third-order valence-corrected chi connectivity index (χ3v) is 4.86. The first-order valence-corrected chi connectivity index (χ1v) is 10.3. The highest BCUT2D eigenvalue weighted by Gasteiger charge is 2.19. The maximum atomic E-state index is 13.0. The van der Waals surface area contributed by atoms with Crippen LogP contribution in [0.15, 0.2) is 57.9 Å². The number of nitrogens with zero attached hydrogens (tertiary/aromatic N) is 3. The Bertz CT molecular complexity index is 1320. The minimum Gasteiger partial charge on any atom is -0.493 e. The molecule has 0 bridgehead atoms. The van der Waals surface area contributed by atoms with Crippen molar-refractivity contribution in [2.24, 2.45) is 0 Å². The van der Waals surface area contributed by atoms with Crippen LogP contribution in [0.1, 0.15) is 29.4 Å². The summed E-state index contributed by atoms with van der Waals surface area (Å²) in [6.07, 6.45) is 2.99. The molecular formula is C23H23N5O5. The molecule has 0 aliphatic rings. The van der Waals surface area contributed by atoms with Gasteiger partial charge in [-0.15, -0.1) is 0 Å². The molecule has 0 saturated heterocycles. The molecule has 33 heavy (non-hydrogen) atoms. The van der Waals surface area contributed by atoms with Gasteiger partial charge in [0, 0.05) is 23.4 Å². The van der Waals surface area contributed by atoms with E-state index in [2.05, 4.69) is 20.4 Å². The Morgan fingerprint density at radius 1 is 1.15 bits per heavy atom. The van der Waals surface area contributed by atoms with Crippen LogP contribution in [0.25, 0.3) is 17.4 Å². The van der Waals surface area contributed by atoms with Crippen molar-refractivity contribution in [2.75, 3.05) is 19.5 Å². The smallest absolute Gasteiger partial charge is 0.256 e. The second-order valence-electron chi connectivity index (χ2n) is 7.14. The minimum absolute atomic E-state index is 0.186. The molecule has 170 valence electrons. The van der Waals surface area contributed by atoms with Crippen molar-refractivity contribution in [2.45, 2.75) is 19.8 Å². The summed E-state index contributed by atoms with van der Waals surface area (Å²) in [5, 5.41) is 7.33. The molecule has 2 N–H and O–H groups in total. The van der Waals surface area contributed by atoms with Gasteiger partial charge in [-0.3, -0.25) is 14.6 Å². The zero-order chi connectivity index (χ0) is 23.4. The number of rotatable bonds is 8. The third-order valence-electron chi connectivity index (χ3n) is 4.86. The average Bonchev–Trinajstić information content (AvgIpc) is 3.48. The van der Waals surface area contributed by atoms with E-state index in [-0.39, 0.29) is 11.5 Å². The molecule has 0 fully saturated rings. The van der Waals surface area contributed by atoms with Crippen molar-refractivity contribution in [3.8, 4) is 28.9 Å². The van der Waals surface area contributed by atoms with E-state index in [1.807, 2.05) is 6.92 Å². The molecular weight excluding hydrogens is 426 g/mol. The molecule has 1 aromatic carbocycles. The average molecular weight is 449 g/mol. The highest BCUT2D eigenvalue weighted by Crippen LogP contribution is 2.29. The highest BCUT2D eigenvalue weighted by molar-refractivity contribution is 6.04. The Hall–Kier alpha value is -4.34. The van der Waals surface area contributed by atoms with Crippen molar-refractivity contribution >= 4 is 11.7 Å². The van der Waals surface area contributed by atoms with E-state index in [0.717, 1.165) is 6.42 Å². The van der Waals surface area contributed by atoms with Crippen LogP contribution in [0.3, 0.4) is 0 Å². The lowest BCUT2D eigenvalue weighted by molar-refractivity contribution is 0.102. The molecule has 0 atom stereocenters. The van der Waals surface area contributed by atoms with Crippen LogP contribution in [0.5, 0.6) is 11.5 Å². The van der Waals surface area contributed by atoms with Crippen LogP contribution in [0.2, 0.25) is 0 Å². The molecule has 0 aliphatic carbocycles. The Kier molecular flexibility index (Phi) is 6.25. The summed E-state index contributed by atoms with van der Waals surface area (Å²) in [5.74, 6) is 1.52. The zero-order valence-electron chi connectivity index (χ0n) is 18.4. The first-order valence-electron chi connectivity index (χ1n) is 10.3. The molecule has 3 aromatic heterocycles. The first kappa shape index (κ1) is 21.9. The van der Waals surface area contributed by atoms with Crippen LogP contribution in [-0.4, -0.2) is 39.9 Å². The van der Waals surface area contributed by atoms with Crippen LogP contribution < -0.4 is 20.3 Å². The molecule has 4 aromatic rings. The van der Waals surface area contributed by atoms with Crippen molar-refractivity contribution in [1.82, 2.24) is 19.7 Å². The van der Waals surface area contributed by atoms with Gasteiger partial charge in [-0.25, -0.2) is 4.98 Å². The highest BCUT2D eigenvalue weighted by atomic mass is 16.5. The maximum absolute atomic E-state index is 13.0. The molecule has 0 radical (unpaired) electrons. The van der Waals surface area contributed by atoms with Gasteiger partial charge in [0.15, 0.2) is 17.3 Å². The van der Waals surface area contributed by atoms with Gasteiger partial charge in [0.05, 0.1) is 20.5 Å². The quantitative estimate of drug-likeness (QED) is 0.422. The molecule has 3 heterocycles. The number of methoxy groups -OCH3 is 2. The van der Waals surface area contributed by atoms with E-state index in [1.54, 1.807) is 36.4 Å². The molecule has 0 aliphatic heterocycles. The molecule has 10 nitrogen and oxygen atoms in total. The number of hydrogen-bond acceptors (Lipinski definition) is 7. The van der Waals surface area contributed by atoms with Crippen molar-refractivity contribution in [1.29, 1.82) is 0 Å². The van der Waals surface area contributed by atoms with Crippen molar-refractivity contribution in [3.63, 3.8) is 0 Å². The number of carbonyl (C=O) groups excluding carboxylic acids is 1. The van der Waals surface area contributed by atoms with Crippen LogP contribution in [0, 0.1) is 0 Å². The van der Waals surface area contributed by atoms with Gasteiger partial charge in [-0.2, -0.15) is 9.78 Å². The van der Waals surface area contributed by atoms with Crippen LogP contribution >= 0.6 is 0 Å². The number of carbonyl (C=O) groups is 1. The normalized spacial score (nSPS) is 10.8. The maximum Gasteiger partial charge on any atom is 0.256 e. The third kappa shape index (κ3) is 4.64. The van der Waals surface area contributed by atoms with Gasteiger partial charge < -0.3 is 19.2 Å². The molecule has 0 spiro atoms. The lowest BCUT2D eigenvalue weighted by atomic mass is 10.2. The second-order valence-corrected chi connectivity index (χ2v) is 7.14. The van der Waals surface area contributed by atoms with Gasteiger partial charge in [0.2, 0.25) is 5.95 Å². The van der Waals surface area contributed by atoms with Crippen LogP contribution in [-0.2, 0) is 6.42 Å². The van der Waals surface area contributed by atoms with E-state index < -0.39 is 5.91 Å².